The zero-order valence-electron chi connectivity index (χ0n) is 9.27. The molecule has 0 saturated heterocycles. The summed E-state index contributed by atoms with van der Waals surface area (Å²) < 4.78 is 25.3. The first-order chi connectivity index (χ1) is 6.83. The smallest absolute Gasteiger partial charge is 0.228 e. The number of nitrogens with zero attached hydrogens (tertiary/aromatic N) is 1. The quantitative estimate of drug-likeness (QED) is 0.688. The number of nitriles is 1. The third kappa shape index (κ3) is 5.11. The topological polar surface area (TPSA) is 90.2 Å². The summed E-state index contributed by atoms with van der Waals surface area (Å²) >= 11 is 0. The van der Waals surface area contributed by atoms with Crippen LogP contribution >= 0.6 is 0 Å². The van der Waals surface area contributed by atoms with Gasteiger partial charge in [0, 0.05) is 6.04 Å². The lowest BCUT2D eigenvalue weighted by Gasteiger charge is -2.18. The molecular formula is C9H18N2O3S. The Bertz CT molecular complexity index is 319. The molecule has 0 rings (SSSR count). The van der Waals surface area contributed by atoms with Crippen molar-refractivity contribution in [3.63, 3.8) is 0 Å². The standard InChI is InChI=1S/C9H18N2O3S/c1-7(2)4-9(6-12)11-15(13,14)8(3)5-10/h7-9,11-12H,4,6H2,1-3H3. The minimum absolute atomic E-state index is 0.254. The van der Waals surface area contributed by atoms with Gasteiger partial charge >= 0.3 is 0 Å². The fourth-order valence-electron chi connectivity index (χ4n) is 1.13. The molecule has 5 nitrogen and oxygen atoms in total. The molecule has 0 spiro atoms. The van der Waals surface area contributed by atoms with Gasteiger partial charge in [-0.1, -0.05) is 13.8 Å². The van der Waals surface area contributed by atoms with Gasteiger partial charge in [-0.3, -0.25) is 0 Å². The Morgan fingerprint density at radius 1 is 1.40 bits per heavy atom. The lowest BCUT2D eigenvalue weighted by atomic mass is 10.1. The third-order valence-electron chi connectivity index (χ3n) is 1.95. The summed E-state index contributed by atoms with van der Waals surface area (Å²) in [5, 5.41) is 16.4. The van der Waals surface area contributed by atoms with E-state index in [-0.39, 0.29) is 12.5 Å². The second-order valence-corrected chi connectivity index (χ2v) is 5.98. The molecule has 6 heteroatoms. The minimum Gasteiger partial charge on any atom is -0.395 e. The maximum Gasteiger partial charge on any atom is 0.228 e. The predicted molar refractivity (Wildman–Crippen MR) is 57.5 cm³/mol. The molecule has 0 aliphatic rings. The molecule has 0 fully saturated rings. The van der Waals surface area contributed by atoms with E-state index in [0.717, 1.165) is 0 Å². The molecule has 0 amide bonds. The van der Waals surface area contributed by atoms with E-state index in [0.29, 0.717) is 6.42 Å². The van der Waals surface area contributed by atoms with Crippen molar-refractivity contribution in [2.45, 2.75) is 38.5 Å². The number of hydrogen-bond acceptors (Lipinski definition) is 4. The van der Waals surface area contributed by atoms with Crippen molar-refractivity contribution >= 4 is 10.0 Å². The van der Waals surface area contributed by atoms with Crippen LogP contribution < -0.4 is 4.72 Å². The summed E-state index contributed by atoms with van der Waals surface area (Å²) in [6.45, 7) is 4.93. The fourth-order valence-corrected chi connectivity index (χ4v) is 2.11. The first-order valence-corrected chi connectivity index (χ1v) is 6.39. The van der Waals surface area contributed by atoms with Gasteiger partial charge in [-0.2, -0.15) is 5.26 Å². The molecule has 2 unspecified atom stereocenters. The maximum absolute atomic E-state index is 11.5. The zero-order chi connectivity index (χ0) is 12.1. The second-order valence-electron chi connectivity index (χ2n) is 3.94. The Hall–Kier alpha value is -0.640. The summed E-state index contributed by atoms with van der Waals surface area (Å²) in [4.78, 5) is 0. The van der Waals surface area contributed by atoms with Crippen LogP contribution in [0.2, 0.25) is 0 Å². The average molecular weight is 234 g/mol. The molecule has 15 heavy (non-hydrogen) atoms. The molecule has 0 heterocycles. The SMILES string of the molecule is CC(C)CC(CO)NS(=O)(=O)C(C)C#N. The summed E-state index contributed by atoms with van der Waals surface area (Å²) in [5.74, 6) is 0.280. The van der Waals surface area contributed by atoms with E-state index in [9.17, 15) is 8.42 Å². The van der Waals surface area contributed by atoms with Gasteiger partial charge < -0.3 is 5.11 Å². The first kappa shape index (κ1) is 14.4. The van der Waals surface area contributed by atoms with Crippen LogP contribution in [0.15, 0.2) is 0 Å². The third-order valence-corrected chi connectivity index (χ3v) is 3.65. The van der Waals surface area contributed by atoms with Crippen LogP contribution in [0.4, 0.5) is 0 Å². The highest BCUT2D eigenvalue weighted by Crippen LogP contribution is 2.07. The minimum atomic E-state index is -3.64. The molecule has 0 aromatic heterocycles. The van der Waals surface area contributed by atoms with Crippen LogP contribution in [-0.4, -0.2) is 31.4 Å². The van der Waals surface area contributed by atoms with Gasteiger partial charge in [0.2, 0.25) is 10.0 Å². The summed E-state index contributed by atoms with van der Waals surface area (Å²) in [7, 11) is -3.64. The Balaban J connectivity index is 4.49. The molecule has 0 aliphatic carbocycles. The second kappa shape index (κ2) is 6.05. The van der Waals surface area contributed by atoms with E-state index in [4.69, 9.17) is 10.4 Å². The van der Waals surface area contributed by atoms with E-state index in [1.165, 1.54) is 6.92 Å². The van der Waals surface area contributed by atoms with Crippen LogP contribution in [-0.2, 0) is 10.0 Å². The molecule has 0 radical (unpaired) electrons. The van der Waals surface area contributed by atoms with Gasteiger partial charge in [0.15, 0.2) is 5.25 Å². The lowest BCUT2D eigenvalue weighted by molar-refractivity contribution is 0.240. The number of nitrogens with one attached hydrogen (secondary N) is 1. The molecule has 2 N–H and O–H groups in total. The average Bonchev–Trinajstić information content (AvgIpc) is 2.14. The van der Waals surface area contributed by atoms with Gasteiger partial charge in [-0.05, 0) is 19.3 Å². The van der Waals surface area contributed by atoms with Crippen molar-refractivity contribution in [2.24, 2.45) is 5.92 Å². The van der Waals surface area contributed by atoms with Crippen molar-refractivity contribution in [1.29, 1.82) is 5.26 Å². The molecule has 0 aliphatic heterocycles. The maximum atomic E-state index is 11.5. The predicted octanol–water partition coefficient (Wildman–Crippen LogP) is 0.225. The Labute approximate surface area is 91.2 Å². The highest BCUT2D eigenvalue weighted by atomic mass is 32.2. The highest BCUT2D eigenvalue weighted by molar-refractivity contribution is 7.90. The largest absolute Gasteiger partial charge is 0.395 e. The molecule has 88 valence electrons. The molecular weight excluding hydrogens is 216 g/mol. The van der Waals surface area contributed by atoms with E-state index >= 15 is 0 Å². The van der Waals surface area contributed by atoms with E-state index in [1.807, 2.05) is 13.8 Å². The number of rotatable bonds is 6. The van der Waals surface area contributed by atoms with Crippen molar-refractivity contribution in [1.82, 2.24) is 4.72 Å². The van der Waals surface area contributed by atoms with E-state index in [1.54, 1.807) is 6.07 Å². The van der Waals surface area contributed by atoms with Gasteiger partial charge in [0.1, 0.15) is 0 Å². The van der Waals surface area contributed by atoms with Crippen LogP contribution in [0.25, 0.3) is 0 Å². The summed E-state index contributed by atoms with van der Waals surface area (Å²) in [6, 6.07) is 1.15. The van der Waals surface area contributed by atoms with Gasteiger partial charge in [0.25, 0.3) is 0 Å². The van der Waals surface area contributed by atoms with Crippen molar-refractivity contribution < 1.29 is 13.5 Å². The molecule has 0 aromatic rings. The summed E-state index contributed by atoms with van der Waals surface area (Å²) in [5.41, 5.74) is 0. The highest BCUT2D eigenvalue weighted by Gasteiger charge is 2.24. The number of aliphatic hydroxyl groups is 1. The monoisotopic (exact) mass is 234 g/mol. The first-order valence-electron chi connectivity index (χ1n) is 4.85. The van der Waals surface area contributed by atoms with Gasteiger partial charge in [-0.25, -0.2) is 13.1 Å². The number of sulfonamides is 1. The van der Waals surface area contributed by atoms with E-state index < -0.39 is 21.3 Å². The van der Waals surface area contributed by atoms with Crippen LogP contribution in [0, 0.1) is 17.2 Å². The Morgan fingerprint density at radius 2 is 1.93 bits per heavy atom. The fraction of sp³-hybridized carbons (Fsp3) is 0.889. The van der Waals surface area contributed by atoms with Gasteiger partial charge in [0.05, 0.1) is 12.7 Å². The Kier molecular flexibility index (Phi) is 5.80. The van der Waals surface area contributed by atoms with Crippen LogP contribution in [0.3, 0.4) is 0 Å². The van der Waals surface area contributed by atoms with Crippen molar-refractivity contribution in [3.05, 3.63) is 0 Å². The van der Waals surface area contributed by atoms with Crippen molar-refractivity contribution in [3.8, 4) is 6.07 Å². The number of hydrogen-bond donors (Lipinski definition) is 2. The molecule has 0 bridgehead atoms. The van der Waals surface area contributed by atoms with Gasteiger partial charge in [-0.15, -0.1) is 0 Å². The number of aliphatic hydroxyl groups excluding tert-OH is 1. The lowest BCUT2D eigenvalue weighted by Crippen LogP contribution is -2.42. The Morgan fingerprint density at radius 3 is 2.27 bits per heavy atom. The van der Waals surface area contributed by atoms with Crippen LogP contribution in [0.1, 0.15) is 27.2 Å². The van der Waals surface area contributed by atoms with E-state index in [2.05, 4.69) is 4.72 Å². The van der Waals surface area contributed by atoms with Crippen LogP contribution in [0.5, 0.6) is 0 Å². The summed E-state index contributed by atoms with van der Waals surface area (Å²) in [6.07, 6.45) is 0.549. The zero-order valence-corrected chi connectivity index (χ0v) is 10.1. The molecule has 2 atom stereocenters. The van der Waals surface area contributed by atoms with Crippen molar-refractivity contribution in [2.75, 3.05) is 6.61 Å². The molecule has 0 aromatic carbocycles. The molecule has 0 saturated carbocycles. The normalized spacial score (nSPS) is 16.0.